The minimum Gasteiger partial charge on any atom is -0.496 e. The quantitative estimate of drug-likeness (QED) is 0.562. The van der Waals surface area contributed by atoms with Crippen molar-refractivity contribution in [2.75, 3.05) is 14.2 Å². The molecule has 0 atom stereocenters. The first-order valence-corrected chi connectivity index (χ1v) is 5.98. The molecule has 0 aliphatic rings. The summed E-state index contributed by atoms with van der Waals surface area (Å²) >= 11 is 0. The van der Waals surface area contributed by atoms with E-state index in [1.807, 2.05) is 12.1 Å². The lowest BCUT2D eigenvalue weighted by Gasteiger charge is -2.09. The number of carbonyl (C=O) groups excluding carboxylic acids is 1. The molecule has 0 saturated heterocycles. The van der Waals surface area contributed by atoms with Gasteiger partial charge in [0.05, 0.1) is 19.8 Å². The highest BCUT2D eigenvalue weighted by molar-refractivity contribution is 5.89. The van der Waals surface area contributed by atoms with E-state index < -0.39 is 0 Å². The van der Waals surface area contributed by atoms with Crippen LogP contribution < -0.4 is 4.74 Å². The maximum atomic E-state index is 11.4. The van der Waals surface area contributed by atoms with Crippen LogP contribution in [0, 0.1) is 0 Å². The van der Waals surface area contributed by atoms with Gasteiger partial charge in [-0.1, -0.05) is 19.8 Å². The fourth-order valence-corrected chi connectivity index (χ4v) is 1.78. The van der Waals surface area contributed by atoms with E-state index in [0.717, 1.165) is 24.2 Å². The lowest BCUT2D eigenvalue weighted by atomic mass is 10.0. The molecule has 1 aromatic rings. The third-order valence-corrected chi connectivity index (χ3v) is 2.75. The summed E-state index contributed by atoms with van der Waals surface area (Å²) in [6.07, 6.45) is 4.41. The average molecular weight is 236 g/mol. The summed E-state index contributed by atoms with van der Waals surface area (Å²) in [6, 6.07) is 5.42. The second-order valence-corrected chi connectivity index (χ2v) is 3.98. The molecule has 0 spiro atoms. The number of carbonyl (C=O) groups is 1. The van der Waals surface area contributed by atoms with E-state index in [4.69, 9.17) is 9.47 Å². The van der Waals surface area contributed by atoms with Crippen LogP contribution in [0.1, 0.15) is 42.1 Å². The van der Waals surface area contributed by atoms with Crippen molar-refractivity contribution < 1.29 is 14.3 Å². The van der Waals surface area contributed by atoms with Gasteiger partial charge in [0.1, 0.15) is 5.75 Å². The van der Waals surface area contributed by atoms with Crippen molar-refractivity contribution in [1.29, 1.82) is 0 Å². The number of hydrogen-bond acceptors (Lipinski definition) is 3. The molecule has 1 rings (SSSR count). The van der Waals surface area contributed by atoms with Crippen molar-refractivity contribution in [2.24, 2.45) is 0 Å². The number of esters is 1. The molecule has 0 aromatic heterocycles. The van der Waals surface area contributed by atoms with Gasteiger partial charge < -0.3 is 9.47 Å². The molecular weight excluding hydrogens is 216 g/mol. The Morgan fingerprint density at radius 2 is 2.00 bits per heavy atom. The Morgan fingerprint density at radius 1 is 1.24 bits per heavy atom. The van der Waals surface area contributed by atoms with Crippen molar-refractivity contribution in [1.82, 2.24) is 0 Å². The number of benzene rings is 1. The van der Waals surface area contributed by atoms with Crippen LogP contribution in [0.3, 0.4) is 0 Å². The molecule has 0 aliphatic carbocycles. The van der Waals surface area contributed by atoms with E-state index in [1.54, 1.807) is 13.2 Å². The van der Waals surface area contributed by atoms with Gasteiger partial charge >= 0.3 is 5.97 Å². The van der Waals surface area contributed by atoms with Gasteiger partial charge in [-0.2, -0.15) is 0 Å². The molecule has 0 radical (unpaired) electrons. The number of methoxy groups -OCH3 is 2. The molecule has 0 amide bonds. The summed E-state index contributed by atoms with van der Waals surface area (Å²) in [4.78, 5) is 11.4. The SMILES string of the molecule is CCCCCc1cc(C(=O)OC)ccc1OC. The molecule has 0 aliphatic heterocycles. The number of aryl methyl sites for hydroxylation is 1. The van der Waals surface area contributed by atoms with E-state index in [2.05, 4.69) is 6.92 Å². The number of unbranched alkanes of at least 4 members (excludes halogenated alkanes) is 2. The van der Waals surface area contributed by atoms with Crippen LogP contribution in [0.25, 0.3) is 0 Å². The molecule has 0 bridgehead atoms. The third kappa shape index (κ3) is 3.77. The van der Waals surface area contributed by atoms with Gasteiger partial charge in [-0.25, -0.2) is 4.79 Å². The molecule has 0 unspecified atom stereocenters. The molecule has 0 heterocycles. The third-order valence-electron chi connectivity index (χ3n) is 2.75. The number of rotatable bonds is 6. The zero-order valence-corrected chi connectivity index (χ0v) is 10.8. The molecule has 0 saturated carbocycles. The van der Waals surface area contributed by atoms with E-state index in [1.165, 1.54) is 20.0 Å². The lowest BCUT2D eigenvalue weighted by molar-refractivity contribution is 0.0600. The fourth-order valence-electron chi connectivity index (χ4n) is 1.78. The van der Waals surface area contributed by atoms with Crippen LogP contribution in [0.15, 0.2) is 18.2 Å². The number of hydrogen-bond donors (Lipinski definition) is 0. The van der Waals surface area contributed by atoms with Crippen molar-refractivity contribution in [3.63, 3.8) is 0 Å². The second-order valence-electron chi connectivity index (χ2n) is 3.98. The molecule has 3 nitrogen and oxygen atoms in total. The Morgan fingerprint density at radius 3 is 2.59 bits per heavy atom. The van der Waals surface area contributed by atoms with Gasteiger partial charge in [-0.3, -0.25) is 0 Å². The van der Waals surface area contributed by atoms with Gasteiger partial charge in [0, 0.05) is 0 Å². The van der Waals surface area contributed by atoms with Crippen molar-refractivity contribution in [3.8, 4) is 5.75 Å². The van der Waals surface area contributed by atoms with Gasteiger partial charge in [0.15, 0.2) is 0 Å². The predicted octanol–water partition coefficient (Wildman–Crippen LogP) is 3.21. The average Bonchev–Trinajstić information content (AvgIpc) is 2.38. The van der Waals surface area contributed by atoms with Crippen LogP contribution in [-0.4, -0.2) is 20.2 Å². The summed E-state index contributed by atoms with van der Waals surface area (Å²) in [5, 5.41) is 0. The smallest absolute Gasteiger partial charge is 0.337 e. The minimum absolute atomic E-state index is 0.301. The van der Waals surface area contributed by atoms with E-state index >= 15 is 0 Å². The van der Waals surface area contributed by atoms with Gasteiger partial charge in [0.25, 0.3) is 0 Å². The molecule has 0 fully saturated rings. The highest BCUT2D eigenvalue weighted by Crippen LogP contribution is 2.22. The monoisotopic (exact) mass is 236 g/mol. The van der Waals surface area contributed by atoms with E-state index in [9.17, 15) is 4.79 Å². The van der Waals surface area contributed by atoms with Crippen LogP contribution in [-0.2, 0) is 11.2 Å². The second kappa shape index (κ2) is 6.94. The first kappa shape index (κ1) is 13.6. The highest BCUT2D eigenvalue weighted by atomic mass is 16.5. The Balaban J connectivity index is 2.86. The Hall–Kier alpha value is -1.51. The van der Waals surface area contributed by atoms with Crippen LogP contribution in [0.2, 0.25) is 0 Å². The first-order valence-electron chi connectivity index (χ1n) is 5.98. The Bertz CT molecular complexity index is 372. The Kier molecular flexibility index (Phi) is 5.53. The summed E-state index contributed by atoms with van der Waals surface area (Å²) in [5.74, 6) is 0.540. The van der Waals surface area contributed by atoms with Gasteiger partial charge in [0.2, 0.25) is 0 Å². The summed E-state index contributed by atoms with van der Waals surface area (Å²) in [7, 11) is 3.04. The lowest BCUT2D eigenvalue weighted by Crippen LogP contribution is -2.03. The van der Waals surface area contributed by atoms with Gasteiger partial charge in [-0.15, -0.1) is 0 Å². The standard InChI is InChI=1S/C14H20O3/c1-4-5-6-7-11-10-12(14(15)17-3)8-9-13(11)16-2/h8-10H,4-7H2,1-3H3. The van der Waals surface area contributed by atoms with Gasteiger partial charge in [-0.05, 0) is 36.6 Å². The largest absolute Gasteiger partial charge is 0.496 e. The van der Waals surface area contributed by atoms with E-state index in [0.29, 0.717) is 5.56 Å². The van der Waals surface area contributed by atoms with Crippen molar-refractivity contribution >= 4 is 5.97 Å². The molecule has 3 heteroatoms. The molecule has 0 N–H and O–H groups in total. The van der Waals surface area contributed by atoms with Crippen molar-refractivity contribution in [3.05, 3.63) is 29.3 Å². The maximum Gasteiger partial charge on any atom is 0.337 e. The maximum absolute atomic E-state index is 11.4. The number of ether oxygens (including phenoxy) is 2. The summed E-state index contributed by atoms with van der Waals surface area (Å²) in [6.45, 7) is 2.17. The zero-order chi connectivity index (χ0) is 12.7. The zero-order valence-electron chi connectivity index (χ0n) is 10.8. The topological polar surface area (TPSA) is 35.5 Å². The molecule has 17 heavy (non-hydrogen) atoms. The highest BCUT2D eigenvalue weighted by Gasteiger charge is 2.09. The minimum atomic E-state index is -0.301. The van der Waals surface area contributed by atoms with Crippen LogP contribution >= 0.6 is 0 Å². The van der Waals surface area contributed by atoms with E-state index in [-0.39, 0.29) is 5.97 Å². The Labute approximate surface area is 103 Å². The summed E-state index contributed by atoms with van der Waals surface area (Å²) in [5.41, 5.74) is 1.66. The normalized spacial score (nSPS) is 10.1. The molecular formula is C14H20O3. The first-order chi connectivity index (χ1) is 8.22. The fraction of sp³-hybridized carbons (Fsp3) is 0.500. The predicted molar refractivity (Wildman–Crippen MR) is 67.6 cm³/mol. The molecule has 94 valence electrons. The van der Waals surface area contributed by atoms with Crippen molar-refractivity contribution in [2.45, 2.75) is 32.6 Å². The summed E-state index contributed by atoms with van der Waals surface area (Å²) < 4.78 is 10.0. The molecule has 1 aromatic carbocycles. The van der Waals surface area contributed by atoms with Crippen LogP contribution in [0.4, 0.5) is 0 Å². The van der Waals surface area contributed by atoms with Crippen LogP contribution in [0.5, 0.6) is 5.75 Å².